The lowest BCUT2D eigenvalue weighted by Gasteiger charge is -2.34. The first-order chi connectivity index (χ1) is 14.7. The molecule has 4 rings (SSSR count). The Bertz CT molecular complexity index is 876. The molecular formula is C22H31N5O3. The van der Waals surface area contributed by atoms with Gasteiger partial charge in [-0.25, -0.2) is 9.97 Å². The number of hydrogen-bond donors (Lipinski definition) is 1. The number of benzene rings is 1. The van der Waals surface area contributed by atoms with Gasteiger partial charge in [-0.3, -0.25) is 9.69 Å². The topological polar surface area (TPSA) is 79.8 Å². The Balaban J connectivity index is 1.39. The summed E-state index contributed by atoms with van der Waals surface area (Å²) in [5, 5.41) is 4.18. The van der Waals surface area contributed by atoms with E-state index in [1.54, 1.807) is 20.5 Å². The average molecular weight is 414 g/mol. The van der Waals surface area contributed by atoms with E-state index in [0.29, 0.717) is 18.0 Å². The molecule has 0 unspecified atom stereocenters. The molecule has 8 heteroatoms. The third kappa shape index (κ3) is 4.59. The largest absolute Gasteiger partial charge is 0.493 e. The van der Waals surface area contributed by atoms with E-state index in [9.17, 15) is 4.79 Å². The molecule has 2 aliphatic rings. The minimum Gasteiger partial charge on any atom is -0.493 e. The van der Waals surface area contributed by atoms with Crippen molar-refractivity contribution in [3.05, 3.63) is 18.5 Å². The zero-order valence-corrected chi connectivity index (χ0v) is 17.9. The van der Waals surface area contributed by atoms with Crippen LogP contribution in [0.15, 0.2) is 18.5 Å². The fourth-order valence-electron chi connectivity index (χ4n) is 4.45. The molecule has 1 N–H and O–H groups in total. The lowest BCUT2D eigenvalue weighted by atomic mass is 10.0. The van der Waals surface area contributed by atoms with Gasteiger partial charge in [-0.05, 0) is 44.8 Å². The fourth-order valence-corrected chi connectivity index (χ4v) is 4.45. The van der Waals surface area contributed by atoms with Crippen LogP contribution in [0.4, 0.5) is 5.82 Å². The predicted octanol–water partition coefficient (Wildman–Crippen LogP) is 2.22. The van der Waals surface area contributed by atoms with E-state index in [2.05, 4.69) is 25.1 Å². The highest BCUT2D eigenvalue weighted by atomic mass is 16.5. The van der Waals surface area contributed by atoms with Crippen LogP contribution < -0.4 is 19.7 Å². The maximum atomic E-state index is 12.4. The summed E-state index contributed by atoms with van der Waals surface area (Å²) in [5.41, 5.74) is 0.828. The fraction of sp³-hybridized carbons (Fsp3) is 0.591. The summed E-state index contributed by atoms with van der Waals surface area (Å²) in [7, 11) is 3.25. The molecule has 30 heavy (non-hydrogen) atoms. The number of hydrogen-bond acceptors (Lipinski definition) is 7. The molecule has 0 aliphatic carbocycles. The van der Waals surface area contributed by atoms with Crippen LogP contribution in [0.2, 0.25) is 0 Å². The summed E-state index contributed by atoms with van der Waals surface area (Å²) in [6.45, 7) is 4.30. The molecule has 2 aromatic rings. The van der Waals surface area contributed by atoms with E-state index in [-0.39, 0.29) is 11.9 Å². The van der Waals surface area contributed by atoms with Gasteiger partial charge in [0.15, 0.2) is 11.5 Å². The second-order valence-electron chi connectivity index (χ2n) is 8.09. The molecule has 8 nitrogen and oxygen atoms in total. The highest BCUT2D eigenvalue weighted by Gasteiger charge is 2.24. The van der Waals surface area contributed by atoms with Crippen molar-refractivity contribution in [1.82, 2.24) is 20.2 Å². The molecule has 1 aromatic heterocycles. The van der Waals surface area contributed by atoms with Crippen LogP contribution in [0.1, 0.15) is 32.1 Å². The predicted molar refractivity (Wildman–Crippen MR) is 116 cm³/mol. The molecule has 2 fully saturated rings. The number of piperidine rings is 2. The lowest BCUT2D eigenvalue weighted by molar-refractivity contribution is -0.123. The van der Waals surface area contributed by atoms with Crippen molar-refractivity contribution in [2.24, 2.45) is 0 Å². The summed E-state index contributed by atoms with van der Waals surface area (Å²) in [5.74, 6) is 2.38. The number of rotatable bonds is 6. The molecule has 162 valence electrons. The quantitative estimate of drug-likeness (QED) is 0.778. The summed E-state index contributed by atoms with van der Waals surface area (Å²) in [6, 6.07) is 4.05. The van der Waals surface area contributed by atoms with Crippen molar-refractivity contribution in [2.75, 3.05) is 51.8 Å². The van der Waals surface area contributed by atoms with Crippen LogP contribution in [-0.2, 0) is 4.79 Å². The van der Waals surface area contributed by atoms with Crippen LogP contribution in [0.3, 0.4) is 0 Å². The number of amides is 1. The third-order valence-electron chi connectivity index (χ3n) is 6.10. The Labute approximate surface area is 177 Å². The van der Waals surface area contributed by atoms with Crippen molar-refractivity contribution >= 4 is 22.6 Å². The highest BCUT2D eigenvalue weighted by molar-refractivity contribution is 5.92. The zero-order valence-electron chi connectivity index (χ0n) is 17.9. The second kappa shape index (κ2) is 9.47. The number of anilines is 1. The van der Waals surface area contributed by atoms with Crippen LogP contribution in [0, 0.1) is 0 Å². The molecule has 0 saturated carbocycles. The minimum atomic E-state index is 0.152. The van der Waals surface area contributed by atoms with Crippen LogP contribution in [0.5, 0.6) is 11.5 Å². The average Bonchev–Trinajstić information content (AvgIpc) is 2.79. The molecule has 0 spiro atoms. The van der Waals surface area contributed by atoms with Gasteiger partial charge in [-0.1, -0.05) is 6.42 Å². The Morgan fingerprint density at radius 3 is 2.43 bits per heavy atom. The molecular weight excluding hydrogens is 382 g/mol. The van der Waals surface area contributed by atoms with E-state index in [1.165, 1.54) is 19.3 Å². The van der Waals surface area contributed by atoms with Crippen molar-refractivity contribution in [2.45, 2.75) is 38.1 Å². The molecule has 1 aromatic carbocycles. The van der Waals surface area contributed by atoms with Crippen molar-refractivity contribution in [1.29, 1.82) is 0 Å². The van der Waals surface area contributed by atoms with Crippen LogP contribution in [0.25, 0.3) is 10.9 Å². The summed E-state index contributed by atoms with van der Waals surface area (Å²) < 4.78 is 10.9. The summed E-state index contributed by atoms with van der Waals surface area (Å²) in [4.78, 5) is 25.9. The normalized spacial score (nSPS) is 18.4. The molecule has 1 amide bonds. The van der Waals surface area contributed by atoms with Gasteiger partial charge in [0.1, 0.15) is 12.1 Å². The van der Waals surface area contributed by atoms with Gasteiger partial charge in [-0.2, -0.15) is 0 Å². The van der Waals surface area contributed by atoms with Gasteiger partial charge in [0, 0.05) is 30.6 Å². The Kier molecular flexibility index (Phi) is 6.52. The minimum absolute atomic E-state index is 0.152. The molecule has 2 aliphatic heterocycles. The van der Waals surface area contributed by atoms with E-state index in [0.717, 1.165) is 55.7 Å². The number of nitrogens with zero attached hydrogens (tertiary/aromatic N) is 4. The Morgan fingerprint density at radius 1 is 1.03 bits per heavy atom. The summed E-state index contributed by atoms with van der Waals surface area (Å²) in [6.07, 6.45) is 7.10. The van der Waals surface area contributed by atoms with Crippen molar-refractivity contribution in [3.63, 3.8) is 0 Å². The highest BCUT2D eigenvalue weighted by Crippen LogP contribution is 2.35. The number of ether oxygens (including phenoxy) is 2. The number of methoxy groups -OCH3 is 2. The van der Waals surface area contributed by atoms with E-state index in [1.807, 2.05) is 12.1 Å². The number of carbonyl (C=O) groups excluding carboxylic acids is 1. The van der Waals surface area contributed by atoms with Gasteiger partial charge < -0.3 is 19.7 Å². The smallest absolute Gasteiger partial charge is 0.234 e. The molecule has 0 atom stereocenters. The maximum absolute atomic E-state index is 12.4. The van der Waals surface area contributed by atoms with E-state index < -0.39 is 0 Å². The Morgan fingerprint density at radius 2 is 1.73 bits per heavy atom. The standard InChI is InChI=1S/C22H31N5O3/c1-29-19-12-17-18(13-20(19)30-2)23-15-24-22(17)27-10-6-16(7-11-27)25-21(28)14-26-8-4-3-5-9-26/h12-13,15-16H,3-11,14H2,1-2H3,(H,25,28). The first kappa shape index (κ1) is 20.7. The maximum Gasteiger partial charge on any atom is 0.234 e. The van der Waals surface area contributed by atoms with E-state index >= 15 is 0 Å². The number of likely N-dealkylation sites (tertiary alicyclic amines) is 1. The van der Waals surface area contributed by atoms with Crippen LogP contribution >= 0.6 is 0 Å². The third-order valence-corrected chi connectivity index (χ3v) is 6.10. The Hall–Kier alpha value is -2.61. The monoisotopic (exact) mass is 413 g/mol. The summed E-state index contributed by atoms with van der Waals surface area (Å²) >= 11 is 0. The number of carbonyl (C=O) groups is 1. The number of aromatic nitrogens is 2. The molecule has 0 radical (unpaired) electrons. The SMILES string of the molecule is COc1cc2ncnc(N3CCC(NC(=O)CN4CCCCC4)CC3)c2cc1OC. The number of nitrogens with one attached hydrogen (secondary N) is 1. The van der Waals surface area contributed by atoms with Crippen LogP contribution in [-0.4, -0.2) is 73.8 Å². The molecule has 3 heterocycles. The second-order valence-corrected chi connectivity index (χ2v) is 8.09. The molecule has 0 bridgehead atoms. The first-order valence-corrected chi connectivity index (χ1v) is 10.8. The molecule has 2 saturated heterocycles. The van der Waals surface area contributed by atoms with E-state index in [4.69, 9.17) is 9.47 Å². The lowest BCUT2D eigenvalue weighted by Crippen LogP contribution is -2.48. The zero-order chi connectivity index (χ0) is 20.9. The van der Waals surface area contributed by atoms with Gasteiger partial charge in [-0.15, -0.1) is 0 Å². The van der Waals surface area contributed by atoms with Gasteiger partial charge in [0.2, 0.25) is 5.91 Å². The van der Waals surface area contributed by atoms with Gasteiger partial charge in [0.25, 0.3) is 0 Å². The first-order valence-electron chi connectivity index (χ1n) is 10.8. The van der Waals surface area contributed by atoms with Gasteiger partial charge >= 0.3 is 0 Å². The van der Waals surface area contributed by atoms with Crippen molar-refractivity contribution < 1.29 is 14.3 Å². The van der Waals surface area contributed by atoms with Crippen molar-refractivity contribution in [3.8, 4) is 11.5 Å². The van der Waals surface area contributed by atoms with Gasteiger partial charge in [0.05, 0.1) is 26.3 Å². The number of fused-ring (bicyclic) bond motifs is 1.